The van der Waals surface area contributed by atoms with Gasteiger partial charge in [-0.15, -0.1) is 0 Å². The fourth-order valence-electron chi connectivity index (χ4n) is 5.48. The molecule has 0 aliphatic heterocycles. The number of hydrogen-bond donors (Lipinski definition) is 0. The van der Waals surface area contributed by atoms with E-state index in [0.717, 1.165) is 41.6 Å². The first-order valence-corrected chi connectivity index (χ1v) is 9.91. The van der Waals surface area contributed by atoms with Crippen molar-refractivity contribution < 1.29 is 4.79 Å². The molecule has 1 atom stereocenters. The summed E-state index contributed by atoms with van der Waals surface area (Å²) in [6, 6.07) is 21.0. The maximum atomic E-state index is 13.8. The third-order valence-electron chi connectivity index (χ3n) is 6.47. The molecule has 0 bridgehead atoms. The molecule has 28 heavy (non-hydrogen) atoms. The van der Waals surface area contributed by atoms with E-state index in [-0.39, 0.29) is 5.78 Å². The number of fused-ring (bicyclic) bond motifs is 3. The minimum Gasteiger partial charge on any atom is -0.293 e. The van der Waals surface area contributed by atoms with Crippen molar-refractivity contribution in [3.63, 3.8) is 0 Å². The molecule has 6 rings (SSSR count). The van der Waals surface area contributed by atoms with Crippen LogP contribution >= 0.6 is 0 Å². The second kappa shape index (κ2) is 5.62. The zero-order valence-corrected chi connectivity index (χ0v) is 15.5. The molecule has 0 unspecified atom stereocenters. The molecular weight excluding hydrogens is 342 g/mol. The van der Waals surface area contributed by atoms with Gasteiger partial charge in [0.2, 0.25) is 0 Å². The van der Waals surface area contributed by atoms with Gasteiger partial charge in [-0.25, -0.2) is 0 Å². The lowest BCUT2D eigenvalue weighted by Gasteiger charge is -2.35. The maximum Gasteiger partial charge on any atom is 0.175 e. The first kappa shape index (κ1) is 15.8. The van der Waals surface area contributed by atoms with Crippen LogP contribution in [-0.4, -0.2) is 10.8 Å². The van der Waals surface area contributed by atoms with E-state index in [1.807, 2.05) is 24.4 Å². The summed E-state index contributed by atoms with van der Waals surface area (Å²) in [5.74, 6) is 0.141. The standard InChI is InChI=1S/C26H19NO/c28-23-15-14-22-20(13-6-16-27-22)26(23)21-12-5-10-17-9-4-11-19(24(17)21)25(26)18-7-2-1-3-8-18/h1-3,5-8,10,12-16H,4,9,11H2/t26-/m0/s1. The van der Waals surface area contributed by atoms with Gasteiger partial charge in [-0.05, 0) is 70.9 Å². The molecule has 134 valence electrons. The molecule has 3 aliphatic carbocycles. The predicted octanol–water partition coefficient (Wildman–Crippen LogP) is 5.22. The largest absolute Gasteiger partial charge is 0.293 e. The average molecular weight is 361 g/mol. The monoisotopic (exact) mass is 361 g/mol. The van der Waals surface area contributed by atoms with Crippen LogP contribution in [0.4, 0.5) is 0 Å². The van der Waals surface area contributed by atoms with Crippen molar-refractivity contribution in [3.05, 3.63) is 106 Å². The number of carbonyl (C=O) groups excluding carboxylic acids is 1. The first-order valence-electron chi connectivity index (χ1n) is 9.91. The van der Waals surface area contributed by atoms with E-state index in [0.29, 0.717) is 0 Å². The number of pyridine rings is 1. The highest BCUT2D eigenvalue weighted by atomic mass is 16.1. The second-order valence-corrected chi connectivity index (χ2v) is 7.80. The van der Waals surface area contributed by atoms with E-state index < -0.39 is 5.41 Å². The van der Waals surface area contributed by atoms with Crippen LogP contribution in [0.15, 0.2) is 72.9 Å². The molecule has 0 fully saturated rings. The number of aromatic nitrogens is 1. The van der Waals surface area contributed by atoms with E-state index >= 15 is 0 Å². The van der Waals surface area contributed by atoms with Crippen molar-refractivity contribution in [2.75, 3.05) is 0 Å². The van der Waals surface area contributed by atoms with E-state index in [2.05, 4.69) is 53.5 Å². The SMILES string of the molecule is O=C1C=Cc2ncccc2[C@@]12C(c1ccccc1)=C1CCCc3cccc2c31. The third kappa shape index (κ3) is 1.83. The first-order chi connectivity index (χ1) is 13.8. The Balaban J connectivity index is 1.81. The van der Waals surface area contributed by atoms with Gasteiger partial charge < -0.3 is 0 Å². The molecule has 0 saturated carbocycles. The van der Waals surface area contributed by atoms with Gasteiger partial charge in [-0.1, -0.05) is 54.6 Å². The van der Waals surface area contributed by atoms with Gasteiger partial charge in [0.05, 0.1) is 5.69 Å². The Morgan fingerprint density at radius 3 is 2.57 bits per heavy atom. The highest BCUT2D eigenvalue weighted by molar-refractivity contribution is 6.23. The Bertz CT molecular complexity index is 1200. The molecule has 2 aromatic carbocycles. The molecule has 1 heterocycles. The lowest BCUT2D eigenvalue weighted by atomic mass is 9.64. The summed E-state index contributed by atoms with van der Waals surface area (Å²) in [4.78, 5) is 18.4. The summed E-state index contributed by atoms with van der Waals surface area (Å²) < 4.78 is 0. The lowest BCUT2D eigenvalue weighted by molar-refractivity contribution is -0.116. The van der Waals surface area contributed by atoms with Crippen LogP contribution < -0.4 is 0 Å². The quantitative estimate of drug-likeness (QED) is 0.594. The molecule has 0 N–H and O–H groups in total. The number of ketones is 1. The minimum absolute atomic E-state index is 0.141. The number of benzene rings is 2. The molecule has 0 saturated heterocycles. The number of allylic oxidation sites excluding steroid dienone is 3. The summed E-state index contributed by atoms with van der Waals surface area (Å²) in [6.45, 7) is 0. The Morgan fingerprint density at radius 2 is 1.68 bits per heavy atom. The van der Waals surface area contributed by atoms with E-state index in [1.54, 1.807) is 6.08 Å². The Kier molecular flexibility index (Phi) is 3.16. The van der Waals surface area contributed by atoms with Gasteiger partial charge in [0.1, 0.15) is 5.41 Å². The van der Waals surface area contributed by atoms with E-state index in [1.165, 1.54) is 22.3 Å². The Labute approximate surface area is 164 Å². The molecule has 3 aliphatic rings. The van der Waals surface area contributed by atoms with Crippen LogP contribution in [0.2, 0.25) is 0 Å². The second-order valence-electron chi connectivity index (χ2n) is 7.80. The fraction of sp³-hybridized carbons (Fsp3) is 0.154. The molecule has 1 spiro atoms. The van der Waals surface area contributed by atoms with Gasteiger partial charge in [-0.3, -0.25) is 9.78 Å². The van der Waals surface area contributed by atoms with Crippen LogP contribution in [0.3, 0.4) is 0 Å². The molecule has 0 amide bonds. The molecule has 1 aromatic heterocycles. The average Bonchev–Trinajstić information content (AvgIpc) is 3.05. The summed E-state index contributed by atoms with van der Waals surface area (Å²) in [7, 11) is 0. The zero-order chi connectivity index (χ0) is 18.7. The lowest BCUT2D eigenvalue weighted by Crippen LogP contribution is -2.38. The van der Waals surface area contributed by atoms with Gasteiger partial charge >= 0.3 is 0 Å². The zero-order valence-electron chi connectivity index (χ0n) is 15.5. The van der Waals surface area contributed by atoms with Gasteiger partial charge in [0.15, 0.2) is 5.78 Å². The number of carbonyl (C=O) groups is 1. The highest BCUT2D eigenvalue weighted by Crippen LogP contribution is 2.59. The predicted molar refractivity (Wildman–Crippen MR) is 112 cm³/mol. The van der Waals surface area contributed by atoms with Crippen LogP contribution in [0.5, 0.6) is 0 Å². The van der Waals surface area contributed by atoms with Gasteiger partial charge in [-0.2, -0.15) is 0 Å². The van der Waals surface area contributed by atoms with Crippen LogP contribution in [0, 0.1) is 0 Å². The molecular formula is C26H19NO. The summed E-state index contributed by atoms with van der Waals surface area (Å²) >= 11 is 0. The minimum atomic E-state index is -0.787. The summed E-state index contributed by atoms with van der Waals surface area (Å²) in [5, 5.41) is 0. The number of aryl methyl sites for hydroxylation is 1. The molecule has 2 heteroatoms. The van der Waals surface area contributed by atoms with E-state index in [4.69, 9.17) is 0 Å². The van der Waals surface area contributed by atoms with Crippen LogP contribution in [-0.2, 0) is 16.6 Å². The summed E-state index contributed by atoms with van der Waals surface area (Å²) in [5.41, 5.74) is 8.60. The van der Waals surface area contributed by atoms with Crippen molar-refractivity contribution >= 4 is 23.0 Å². The van der Waals surface area contributed by atoms with Crippen LogP contribution in [0.1, 0.15) is 46.4 Å². The number of rotatable bonds is 1. The van der Waals surface area contributed by atoms with Crippen molar-refractivity contribution in [3.8, 4) is 0 Å². The number of nitrogens with zero attached hydrogens (tertiary/aromatic N) is 1. The fourth-order valence-corrected chi connectivity index (χ4v) is 5.48. The van der Waals surface area contributed by atoms with Crippen molar-refractivity contribution in [2.24, 2.45) is 0 Å². The Hall–Kier alpha value is -3.26. The van der Waals surface area contributed by atoms with Crippen molar-refractivity contribution in [1.82, 2.24) is 4.98 Å². The Morgan fingerprint density at radius 1 is 0.821 bits per heavy atom. The smallest absolute Gasteiger partial charge is 0.175 e. The molecule has 0 radical (unpaired) electrons. The molecule has 2 nitrogen and oxygen atoms in total. The van der Waals surface area contributed by atoms with Crippen molar-refractivity contribution in [1.29, 1.82) is 0 Å². The topological polar surface area (TPSA) is 30.0 Å². The van der Waals surface area contributed by atoms with Crippen LogP contribution in [0.25, 0.3) is 17.2 Å². The normalized spacial score (nSPS) is 21.8. The third-order valence-corrected chi connectivity index (χ3v) is 6.47. The molecule has 3 aromatic rings. The van der Waals surface area contributed by atoms with E-state index in [9.17, 15) is 4.79 Å². The maximum absolute atomic E-state index is 13.8. The number of hydrogen-bond acceptors (Lipinski definition) is 2. The highest BCUT2D eigenvalue weighted by Gasteiger charge is 2.54. The van der Waals surface area contributed by atoms with Crippen molar-refractivity contribution in [2.45, 2.75) is 24.7 Å². The van der Waals surface area contributed by atoms with Gasteiger partial charge in [0, 0.05) is 11.8 Å². The van der Waals surface area contributed by atoms with Gasteiger partial charge in [0.25, 0.3) is 0 Å². The summed E-state index contributed by atoms with van der Waals surface area (Å²) in [6.07, 6.45) is 8.63.